The van der Waals surface area contributed by atoms with E-state index in [9.17, 15) is 14.4 Å². The summed E-state index contributed by atoms with van der Waals surface area (Å²) in [5.41, 5.74) is 1.41. The van der Waals surface area contributed by atoms with Crippen molar-refractivity contribution in [3.8, 4) is 5.75 Å². The van der Waals surface area contributed by atoms with Crippen molar-refractivity contribution in [3.05, 3.63) is 54.6 Å². The average Bonchev–Trinajstić information content (AvgIpc) is 3.14. The number of likely N-dealkylation sites (N-methyl/N-ethyl adjacent to an activating group) is 1. The monoisotopic (exact) mass is 379 g/mol. The lowest BCUT2D eigenvalue weighted by atomic mass is 10.0. The highest BCUT2D eigenvalue weighted by atomic mass is 16.5. The maximum atomic E-state index is 13.3. The number of anilines is 2. The number of ether oxygens (including phenoxy) is 1. The van der Waals surface area contributed by atoms with Crippen molar-refractivity contribution in [2.75, 3.05) is 29.9 Å². The lowest BCUT2D eigenvalue weighted by Gasteiger charge is -2.35. The maximum absolute atomic E-state index is 13.3. The van der Waals surface area contributed by atoms with E-state index >= 15 is 0 Å². The number of nitrogens with zero attached hydrogens (tertiary/aromatic N) is 2. The first kappa shape index (κ1) is 18.0. The van der Waals surface area contributed by atoms with Crippen molar-refractivity contribution in [2.24, 2.45) is 5.92 Å². The van der Waals surface area contributed by atoms with Gasteiger partial charge in [0.05, 0.1) is 18.2 Å². The molecule has 28 heavy (non-hydrogen) atoms. The molecule has 2 aromatic rings. The van der Waals surface area contributed by atoms with Gasteiger partial charge >= 0.3 is 0 Å². The average molecular weight is 379 g/mol. The zero-order valence-electron chi connectivity index (χ0n) is 15.5. The summed E-state index contributed by atoms with van der Waals surface area (Å²) in [7, 11) is 1.53. The summed E-state index contributed by atoms with van der Waals surface area (Å²) in [6, 6.07) is 16.5. The minimum absolute atomic E-state index is 0.0751. The first-order chi connectivity index (χ1) is 13.6. The van der Waals surface area contributed by atoms with Crippen LogP contribution >= 0.6 is 0 Å². The number of rotatable bonds is 3. The van der Waals surface area contributed by atoms with Gasteiger partial charge in [-0.05, 0) is 24.3 Å². The van der Waals surface area contributed by atoms with Crippen molar-refractivity contribution in [1.82, 2.24) is 5.32 Å². The standard InChI is InChI=1S/C21H21N3O4/c1-22-20(26)18-13-24(16-9-5-6-10-17(16)28-18)21(27)14-11-19(25)23(12-14)15-7-3-2-4-8-15/h2-10,14,18H,11-13H2,1H3,(H,22,26). The molecular formula is C21H21N3O4. The number of fused-ring (bicyclic) bond motifs is 1. The van der Waals surface area contributed by atoms with Crippen molar-refractivity contribution in [1.29, 1.82) is 0 Å². The third-order valence-electron chi connectivity index (χ3n) is 5.12. The molecule has 0 saturated carbocycles. The van der Waals surface area contributed by atoms with Crippen LogP contribution in [0.5, 0.6) is 5.75 Å². The Morgan fingerprint density at radius 1 is 1.04 bits per heavy atom. The number of carbonyl (C=O) groups excluding carboxylic acids is 3. The van der Waals surface area contributed by atoms with Gasteiger partial charge in [0.15, 0.2) is 6.10 Å². The fourth-order valence-electron chi connectivity index (χ4n) is 3.69. The van der Waals surface area contributed by atoms with E-state index in [0.29, 0.717) is 18.0 Å². The van der Waals surface area contributed by atoms with E-state index < -0.39 is 12.0 Å². The second-order valence-corrected chi connectivity index (χ2v) is 6.88. The smallest absolute Gasteiger partial charge is 0.262 e. The highest BCUT2D eigenvalue weighted by Crippen LogP contribution is 2.35. The van der Waals surface area contributed by atoms with E-state index in [2.05, 4.69) is 5.32 Å². The molecular weight excluding hydrogens is 358 g/mol. The van der Waals surface area contributed by atoms with Crippen LogP contribution in [-0.2, 0) is 14.4 Å². The molecule has 3 amide bonds. The van der Waals surface area contributed by atoms with Crippen LogP contribution in [0.4, 0.5) is 11.4 Å². The van der Waals surface area contributed by atoms with Crippen LogP contribution in [0.1, 0.15) is 6.42 Å². The summed E-state index contributed by atoms with van der Waals surface area (Å²) in [6.45, 7) is 0.442. The number of nitrogens with one attached hydrogen (secondary N) is 1. The van der Waals surface area contributed by atoms with Crippen LogP contribution in [0.3, 0.4) is 0 Å². The van der Waals surface area contributed by atoms with Crippen molar-refractivity contribution in [3.63, 3.8) is 0 Å². The van der Waals surface area contributed by atoms with Gasteiger partial charge in [-0.3, -0.25) is 14.4 Å². The number of para-hydroxylation sites is 3. The Morgan fingerprint density at radius 2 is 1.75 bits per heavy atom. The van der Waals surface area contributed by atoms with Gasteiger partial charge in [0.2, 0.25) is 11.8 Å². The normalized spacial score (nSPS) is 21.1. The van der Waals surface area contributed by atoms with Gasteiger partial charge in [0, 0.05) is 25.7 Å². The lowest BCUT2D eigenvalue weighted by molar-refractivity contribution is -0.128. The van der Waals surface area contributed by atoms with E-state index in [-0.39, 0.29) is 30.7 Å². The quantitative estimate of drug-likeness (QED) is 0.878. The number of amides is 3. The molecule has 7 nitrogen and oxygen atoms in total. The molecule has 2 heterocycles. The van der Waals surface area contributed by atoms with E-state index in [1.54, 1.807) is 28.0 Å². The summed E-state index contributed by atoms with van der Waals surface area (Å²) in [6.07, 6.45) is -0.635. The number of hydrogen-bond donors (Lipinski definition) is 1. The van der Waals surface area contributed by atoms with Gasteiger partial charge in [-0.15, -0.1) is 0 Å². The van der Waals surface area contributed by atoms with Crippen LogP contribution in [0.25, 0.3) is 0 Å². The second kappa shape index (κ2) is 7.34. The largest absolute Gasteiger partial charge is 0.477 e. The predicted molar refractivity (Wildman–Crippen MR) is 104 cm³/mol. The first-order valence-electron chi connectivity index (χ1n) is 9.22. The van der Waals surface area contributed by atoms with Crippen molar-refractivity contribution in [2.45, 2.75) is 12.5 Å². The molecule has 1 saturated heterocycles. The Morgan fingerprint density at radius 3 is 2.50 bits per heavy atom. The third kappa shape index (κ3) is 3.19. The zero-order valence-corrected chi connectivity index (χ0v) is 15.5. The fraction of sp³-hybridized carbons (Fsp3) is 0.286. The third-order valence-corrected chi connectivity index (χ3v) is 5.12. The van der Waals surface area contributed by atoms with E-state index in [0.717, 1.165) is 5.69 Å². The van der Waals surface area contributed by atoms with Crippen LogP contribution < -0.4 is 19.9 Å². The Bertz CT molecular complexity index is 915. The minimum atomic E-state index is -0.786. The van der Waals surface area contributed by atoms with Gasteiger partial charge < -0.3 is 19.9 Å². The molecule has 7 heteroatoms. The van der Waals surface area contributed by atoms with E-state index in [1.807, 2.05) is 36.4 Å². The lowest BCUT2D eigenvalue weighted by Crippen LogP contribution is -2.51. The predicted octanol–water partition coefficient (Wildman–Crippen LogP) is 1.58. The molecule has 0 aromatic heterocycles. The molecule has 1 N–H and O–H groups in total. The molecule has 0 bridgehead atoms. The molecule has 144 valence electrons. The minimum Gasteiger partial charge on any atom is -0.477 e. The molecule has 4 rings (SSSR count). The Hall–Kier alpha value is -3.35. The molecule has 0 spiro atoms. The molecule has 1 fully saturated rings. The molecule has 2 aliphatic rings. The van der Waals surface area contributed by atoms with Gasteiger partial charge in [-0.25, -0.2) is 0 Å². The van der Waals surface area contributed by atoms with Gasteiger partial charge in [0.1, 0.15) is 5.75 Å². The molecule has 2 aromatic carbocycles. The summed E-state index contributed by atoms with van der Waals surface area (Å²) in [4.78, 5) is 41.1. The van der Waals surface area contributed by atoms with E-state index in [1.165, 1.54) is 7.05 Å². The van der Waals surface area contributed by atoms with Crippen molar-refractivity contribution >= 4 is 29.1 Å². The highest BCUT2D eigenvalue weighted by molar-refractivity contribution is 6.05. The van der Waals surface area contributed by atoms with Crippen LogP contribution in [0.15, 0.2) is 54.6 Å². The van der Waals surface area contributed by atoms with Crippen LogP contribution in [0.2, 0.25) is 0 Å². The highest BCUT2D eigenvalue weighted by Gasteiger charge is 2.41. The summed E-state index contributed by atoms with van der Waals surface area (Å²) >= 11 is 0. The topological polar surface area (TPSA) is 79.0 Å². The van der Waals surface area contributed by atoms with Crippen LogP contribution in [-0.4, -0.2) is 44.0 Å². The van der Waals surface area contributed by atoms with Crippen molar-refractivity contribution < 1.29 is 19.1 Å². The van der Waals surface area contributed by atoms with Gasteiger partial charge in [-0.1, -0.05) is 30.3 Å². The van der Waals surface area contributed by atoms with Gasteiger partial charge in [-0.2, -0.15) is 0 Å². The molecule has 2 atom stereocenters. The Labute approximate surface area is 162 Å². The first-order valence-corrected chi connectivity index (χ1v) is 9.22. The number of hydrogen-bond acceptors (Lipinski definition) is 4. The summed E-state index contributed by atoms with van der Waals surface area (Å²) in [5, 5.41) is 2.57. The fourth-order valence-corrected chi connectivity index (χ4v) is 3.69. The molecule has 0 radical (unpaired) electrons. The molecule has 2 aliphatic heterocycles. The SMILES string of the molecule is CNC(=O)C1CN(C(=O)C2CC(=O)N(c3ccccc3)C2)c2ccccc2O1. The Balaban J connectivity index is 1.59. The molecule has 0 aliphatic carbocycles. The zero-order chi connectivity index (χ0) is 19.7. The second-order valence-electron chi connectivity index (χ2n) is 6.88. The van der Waals surface area contributed by atoms with Gasteiger partial charge in [0.25, 0.3) is 5.91 Å². The number of carbonyl (C=O) groups is 3. The summed E-state index contributed by atoms with van der Waals surface area (Å²) in [5.74, 6) is -0.518. The molecule has 2 unspecified atom stereocenters. The van der Waals surface area contributed by atoms with Crippen LogP contribution in [0, 0.1) is 5.92 Å². The maximum Gasteiger partial charge on any atom is 0.262 e. The Kier molecular flexibility index (Phi) is 4.73. The number of benzene rings is 2. The van der Waals surface area contributed by atoms with E-state index in [4.69, 9.17) is 4.74 Å². The summed E-state index contributed by atoms with van der Waals surface area (Å²) < 4.78 is 5.76.